The van der Waals surface area contributed by atoms with Crippen LogP contribution in [0.3, 0.4) is 0 Å². The number of hydrogen-bond acceptors (Lipinski definition) is 3. The van der Waals surface area contributed by atoms with Crippen molar-refractivity contribution in [1.29, 1.82) is 0 Å². The van der Waals surface area contributed by atoms with Gasteiger partial charge >= 0.3 is 5.97 Å². The molecule has 0 aromatic carbocycles. The number of carboxylic acid groups (broad SMARTS) is 1. The van der Waals surface area contributed by atoms with E-state index in [-0.39, 0.29) is 5.92 Å². The highest BCUT2D eigenvalue weighted by molar-refractivity contribution is 5.79. The number of rotatable bonds is 2. The molecule has 1 saturated carbocycles. The first kappa shape index (κ1) is 9.93. The van der Waals surface area contributed by atoms with E-state index in [1.807, 2.05) is 0 Å². The van der Waals surface area contributed by atoms with Crippen LogP contribution in [0.5, 0.6) is 0 Å². The van der Waals surface area contributed by atoms with Crippen LogP contribution in [0.25, 0.3) is 0 Å². The van der Waals surface area contributed by atoms with Crippen molar-refractivity contribution in [2.45, 2.75) is 31.2 Å². The molecular formula is C10H17NO3. The first-order chi connectivity index (χ1) is 6.76. The summed E-state index contributed by atoms with van der Waals surface area (Å²) in [6, 6.07) is 0. The fraction of sp³-hybridized carbons (Fsp3) is 0.900. The summed E-state index contributed by atoms with van der Waals surface area (Å²) >= 11 is 0. The van der Waals surface area contributed by atoms with Gasteiger partial charge < -0.3 is 9.84 Å². The normalized spacial score (nSPS) is 34.6. The van der Waals surface area contributed by atoms with Gasteiger partial charge in [-0.2, -0.15) is 0 Å². The fourth-order valence-electron chi connectivity index (χ4n) is 2.25. The Balaban J connectivity index is 2.13. The van der Waals surface area contributed by atoms with Crippen molar-refractivity contribution < 1.29 is 14.6 Å². The molecule has 1 unspecified atom stereocenters. The Kier molecular flexibility index (Phi) is 2.74. The van der Waals surface area contributed by atoms with Gasteiger partial charge in [-0.15, -0.1) is 0 Å². The molecule has 2 aliphatic rings. The third-order valence-corrected chi connectivity index (χ3v) is 3.42. The first-order valence-corrected chi connectivity index (χ1v) is 5.32. The molecule has 2 N–H and O–H groups in total. The van der Waals surface area contributed by atoms with Crippen LogP contribution in [0.4, 0.5) is 0 Å². The molecule has 14 heavy (non-hydrogen) atoms. The maximum Gasteiger partial charge on any atom is 0.326 e. The minimum absolute atomic E-state index is 0.262. The lowest BCUT2D eigenvalue weighted by atomic mass is 9.71. The molecule has 1 aliphatic heterocycles. The Morgan fingerprint density at radius 1 is 1.43 bits per heavy atom. The highest BCUT2D eigenvalue weighted by Gasteiger charge is 2.48. The van der Waals surface area contributed by atoms with Gasteiger partial charge in [-0.25, -0.2) is 0 Å². The second kappa shape index (κ2) is 3.87. The van der Waals surface area contributed by atoms with E-state index in [2.05, 4.69) is 5.32 Å². The van der Waals surface area contributed by atoms with Gasteiger partial charge in [0.1, 0.15) is 5.54 Å². The van der Waals surface area contributed by atoms with Crippen molar-refractivity contribution in [3.63, 3.8) is 0 Å². The predicted molar refractivity (Wildman–Crippen MR) is 51.1 cm³/mol. The number of aliphatic carboxylic acids is 1. The van der Waals surface area contributed by atoms with Crippen LogP contribution in [-0.4, -0.2) is 36.4 Å². The Morgan fingerprint density at radius 2 is 2.21 bits per heavy atom. The number of carbonyl (C=O) groups is 1. The zero-order valence-corrected chi connectivity index (χ0v) is 8.29. The summed E-state index contributed by atoms with van der Waals surface area (Å²) in [5.74, 6) is -0.484. The van der Waals surface area contributed by atoms with Gasteiger partial charge in [-0.05, 0) is 31.7 Å². The van der Waals surface area contributed by atoms with Crippen LogP contribution >= 0.6 is 0 Å². The molecule has 0 amide bonds. The maximum atomic E-state index is 11.3. The summed E-state index contributed by atoms with van der Waals surface area (Å²) in [7, 11) is 0. The molecule has 2 fully saturated rings. The van der Waals surface area contributed by atoms with E-state index >= 15 is 0 Å². The van der Waals surface area contributed by atoms with Crippen LogP contribution < -0.4 is 5.32 Å². The van der Waals surface area contributed by atoms with E-state index in [0.29, 0.717) is 13.2 Å². The predicted octanol–water partition coefficient (Wildman–Crippen LogP) is 0.620. The molecular weight excluding hydrogens is 182 g/mol. The molecule has 0 aromatic rings. The lowest BCUT2D eigenvalue weighted by molar-refractivity contribution is -0.152. The topological polar surface area (TPSA) is 58.6 Å². The van der Waals surface area contributed by atoms with Gasteiger partial charge in [0.2, 0.25) is 0 Å². The van der Waals surface area contributed by atoms with Crippen molar-refractivity contribution in [3.8, 4) is 0 Å². The second-order valence-corrected chi connectivity index (χ2v) is 4.24. The molecule has 1 heterocycles. The quantitative estimate of drug-likeness (QED) is 0.684. The lowest BCUT2D eigenvalue weighted by Gasteiger charge is -2.41. The summed E-state index contributed by atoms with van der Waals surface area (Å²) in [4.78, 5) is 11.3. The SMILES string of the molecule is O=C(O)C1(C2CCC2)COCCCN1. The third-order valence-electron chi connectivity index (χ3n) is 3.42. The highest BCUT2D eigenvalue weighted by Crippen LogP contribution is 2.37. The summed E-state index contributed by atoms with van der Waals surface area (Å²) < 4.78 is 5.39. The van der Waals surface area contributed by atoms with Crippen molar-refractivity contribution >= 4 is 5.97 Å². The van der Waals surface area contributed by atoms with Crippen LogP contribution in [-0.2, 0) is 9.53 Å². The smallest absolute Gasteiger partial charge is 0.326 e. The Labute approximate surface area is 83.6 Å². The van der Waals surface area contributed by atoms with Crippen molar-refractivity contribution in [3.05, 3.63) is 0 Å². The summed E-state index contributed by atoms with van der Waals surface area (Å²) in [6.45, 7) is 1.75. The molecule has 1 aliphatic carbocycles. The number of carboxylic acids is 1. The summed E-state index contributed by atoms with van der Waals surface area (Å²) in [6.07, 6.45) is 4.09. The van der Waals surface area contributed by atoms with Crippen molar-refractivity contribution in [2.75, 3.05) is 19.8 Å². The highest BCUT2D eigenvalue weighted by atomic mass is 16.5. The largest absolute Gasteiger partial charge is 0.480 e. The van der Waals surface area contributed by atoms with Crippen molar-refractivity contribution in [1.82, 2.24) is 5.32 Å². The minimum Gasteiger partial charge on any atom is -0.480 e. The average molecular weight is 199 g/mol. The molecule has 4 heteroatoms. The second-order valence-electron chi connectivity index (χ2n) is 4.24. The fourth-order valence-corrected chi connectivity index (χ4v) is 2.25. The van der Waals surface area contributed by atoms with E-state index in [4.69, 9.17) is 4.74 Å². The van der Waals surface area contributed by atoms with Crippen LogP contribution in [0.2, 0.25) is 0 Å². The minimum atomic E-state index is -0.797. The zero-order valence-electron chi connectivity index (χ0n) is 8.29. The van der Waals surface area contributed by atoms with Crippen LogP contribution in [0.1, 0.15) is 25.7 Å². The van der Waals surface area contributed by atoms with Gasteiger partial charge in [0.15, 0.2) is 0 Å². The average Bonchev–Trinajstić information content (AvgIpc) is 2.27. The summed E-state index contributed by atoms with van der Waals surface area (Å²) in [5.41, 5.74) is -0.797. The molecule has 0 bridgehead atoms. The van der Waals surface area contributed by atoms with E-state index in [9.17, 15) is 9.90 Å². The monoisotopic (exact) mass is 199 g/mol. The Bertz CT molecular complexity index is 217. The molecule has 0 aromatic heterocycles. The standard InChI is InChI=1S/C10H17NO3/c12-9(13)10(8-3-1-4-8)7-14-6-2-5-11-10/h8,11H,1-7H2,(H,12,13). The first-order valence-electron chi connectivity index (χ1n) is 5.32. The molecule has 1 atom stereocenters. The van der Waals surface area contributed by atoms with E-state index in [0.717, 1.165) is 32.2 Å². The van der Waals surface area contributed by atoms with Gasteiger partial charge in [0, 0.05) is 6.61 Å². The molecule has 2 rings (SSSR count). The van der Waals surface area contributed by atoms with E-state index in [1.165, 1.54) is 0 Å². The van der Waals surface area contributed by atoms with Gasteiger partial charge in [-0.1, -0.05) is 6.42 Å². The van der Waals surface area contributed by atoms with E-state index < -0.39 is 11.5 Å². The van der Waals surface area contributed by atoms with Gasteiger partial charge in [0.05, 0.1) is 6.61 Å². The van der Waals surface area contributed by atoms with Crippen LogP contribution in [0, 0.1) is 5.92 Å². The summed E-state index contributed by atoms with van der Waals surface area (Å²) in [5, 5.41) is 12.5. The molecule has 1 saturated heterocycles. The number of nitrogens with one attached hydrogen (secondary N) is 1. The number of hydrogen-bond donors (Lipinski definition) is 2. The lowest BCUT2D eigenvalue weighted by Crippen LogP contribution is -2.61. The van der Waals surface area contributed by atoms with E-state index in [1.54, 1.807) is 0 Å². The molecule has 0 radical (unpaired) electrons. The number of ether oxygens (including phenoxy) is 1. The van der Waals surface area contributed by atoms with Gasteiger partial charge in [0.25, 0.3) is 0 Å². The van der Waals surface area contributed by atoms with Crippen molar-refractivity contribution in [2.24, 2.45) is 5.92 Å². The van der Waals surface area contributed by atoms with Gasteiger partial charge in [-0.3, -0.25) is 10.1 Å². The Morgan fingerprint density at radius 3 is 2.79 bits per heavy atom. The molecule has 4 nitrogen and oxygen atoms in total. The third kappa shape index (κ3) is 1.53. The molecule has 80 valence electrons. The molecule has 0 spiro atoms. The Hall–Kier alpha value is -0.610. The zero-order chi connectivity index (χ0) is 10.0. The van der Waals surface area contributed by atoms with Crippen LogP contribution in [0.15, 0.2) is 0 Å². The maximum absolute atomic E-state index is 11.3.